The number of benzene rings is 1. The molecular formula is C19H23NO3. The maximum absolute atomic E-state index is 12.3. The van der Waals surface area contributed by atoms with E-state index in [-0.39, 0.29) is 18.4 Å². The first-order valence-electron chi connectivity index (χ1n) is 7.91. The van der Waals surface area contributed by atoms with Gasteiger partial charge < -0.3 is 4.74 Å². The summed E-state index contributed by atoms with van der Waals surface area (Å²) in [4.78, 5) is 25.6. The zero-order valence-corrected chi connectivity index (χ0v) is 13.5. The highest BCUT2D eigenvalue weighted by atomic mass is 16.6. The van der Waals surface area contributed by atoms with E-state index < -0.39 is 6.09 Å². The Hall–Kier alpha value is -2.36. The summed E-state index contributed by atoms with van der Waals surface area (Å²) in [6.07, 6.45) is 6.40. The summed E-state index contributed by atoms with van der Waals surface area (Å²) in [5.41, 5.74) is 0.939. The van der Waals surface area contributed by atoms with Crippen LogP contribution in [-0.4, -0.2) is 22.8 Å². The first-order chi connectivity index (χ1) is 11.1. The number of ketones is 1. The number of rotatable bonds is 6. The van der Waals surface area contributed by atoms with Gasteiger partial charge in [-0.2, -0.15) is 0 Å². The summed E-state index contributed by atoms with van der Waals surface area (Å²) in [5, 5.41) is 0. The highest BCUT2D eigenvalue weighted by Gasteiger charge is 2.29. The van der Waals surface area contributed by atoms with E-state index in [2.05, 4.69) is 13.5 Å². The van der Waals surface area contributed by atoms with Gasteiger partial charge in [-0.15, -0.1) is 6.58 Å². The third kappa shape index (κ3) is 5.09. The van der Waals surface area contributed by atoms with E-state index in [1.54, 1.807) is 11.1 Å². The highest BCUT2D eigenvalue weighted by molar-refractivity contribution is 5.92. The molecule has 0 bridgehead atoms. The fraction of sp³-hybridized carbons (Fsp3) is 0.368. The molecule has 4 nitrogen and oxygen atoms in total. The highest BCUT2D eigenvalue weighted by Crippen LogP contribution is 2.23. The number of carbonyl (C=O) groups excluding carboxylic acids is 2. The molecule has 0 spiro atoms. The molecule has 0 radical (unpaired) electrons. The molecular weight excluding hydrogens is 290 g/mol. The Kier molecular flexibility index (Phi) is 6.15. The van der Waals surface area contributed by atoms with Gasteiger partial charge in [-0.05, 0) is 30.4 Å². The van der Waals surface area contributed by atoms with Gasteiger partial charge in [0.05, 0.1) is 0 Å². The molecule has 23 heavy (non-hydrogen) atoms. The van der Waals surface area contributed by atoms with Gasteiger partial charge in [-0.1, -0.05) is 43.3 Å². The summed E-state index contributed by atoms with van der Waals surface area (Å²) in [6, 6.07) is 9.40. The summed E-state index contributed by atoms with van der Waals surface area (Å²) < 4.78 is 5.38. The number of amides is 1. The summed E-state index contributed by atoms with van der Waals surface area (Å²) in [5.74, 6) is 0.411. The first kappa shape index (κ1) is 17.0. The summed E-state index contributed by atoms with van der Waals surface area (Å²) in [6.45, 7) is 6.06. The minimum absolute atomic E-state index is 0.0490. The van der Waals surface area contributed by atoms with Crippen molar-refractivity contribution in [3.63, 3.8) is 0 Å². The largest absolute Gasteiger partial charge is 0.444 e. The minimum atomic E-state index is -0.409. The molecule has 0 aromatic heterocycles. The zero-order chi connectivity index (χ0) is 16.7. The van der Waals surface area contributed by atoms with Gasteiger partial charge in [0, 0.05) is 18.7 Å². The molecule has 0 saturated carbocycles. The third-order valence-corrected chi connectivity index (χ3v) is 3.91. The van der Waals surface area contributed by atoms with E-state index in [9.17, 15) is 9.59 Å². The van der Waals surface area contributed by atoms with Crippen molar-refractivity contribution >= 4 is 11.9 Å². The van der Waals surface area contributed by atoms with E-state index >= 15 is 0 Å². The molecule has 0 saturated heterocycles. The monoisotopic (exact) mass is 313 g/mol. The van der Waals surface area contributed by atoms with Crippen LogP contribution in [0.2, 0.25) is 0 Å². The molecule has 0 aliphatic carbocycles. The van der Waals surface area contributed by atoms with Gasteiger partial charge in [0.1, 0.15) is 6.61 Å². The average molecular weight is 313 g/mol. The number of nitrogens with zero attached hydrogens (tertiary/aromatic N) is 1. The number of carbonyl (C=O) groups is 2. The SMILES string of the molecule is C=CC[C@@H](C)C[C@H]1CC(=O)C=CN1C(=O)OCc1ccccc1. The minimum Gasteiger partial charge on any atom is -0.444 e. The normalized spacial score (nSPS) is 18.6. The average Bonchev–Trinajstić information content (AvgIpc) is 2.54. The van der Waals surface area contributed by atoms with Crippen LogP contribution in [0.1, 0.15) is 31.7 Å². The van der Waals surface area contributed by atoms with Gasteiger partial charge in [-0.3, -0.25) is 9.69 Å². The Morgan fingerprint density at radius 1 is 1.43 bits per heavy atom. The van der Waals surface area contributed by atoms with Crippen molar-refractivity contribution < 1.29 is 14.3 Å². The molecule has 0 fully saturated rings. The third-order valence-electron chi connectivity index (χ3n) is 3.91. The van der Waals surface area contributed by atoms with Crippen LogP contribution in [0.3, 0.4) is 0 Å². The topological polar surface area (TPSA) is 46.6 Å². The molecule has 1 amide bonds. The van der Waals surface area contributed by atoms with Crippen LogP contribution < -0.4 is 0 Å². The van der Waals surface area contributed by atoms with Crippen LogP contribution >= 0.6 is 0 Å². The predicted octanol–water partition coefficient (Wildman–Crippen LogP) is 4.08. The molecule has 2 atom stereocenters. The van der Waals surface area contributed by atoms with Crippen LogP contribution in [0.25, 0.3) is 0 Å². The zero-order valence-electron chi connectivity index (χ0n) is 13.5. The lowest BCUT2D eigenvalue weighted by atomic mass is 9.93. The van der Waals surface area contributed by atoms with Gasteiger partial charge in [0.25, 0.3) is 0 Å². The molecule has 1 heterocycles. The van der Waals surface area contributed by atoms with Crippen molar-refractivity contribution in [2.75, 3.05) is 0 Å². The fourth-order valence-electron chi connectivity index (χ4n) is 2.73. The number of hydrogen-bond donors (Lipinski definition) is 0. The summed E-state index contributed by atoms with van der Waals surface area (Å²) in [7, 11) is 0. The predicted molar refractivity (Wildman–Crippen MR) is 89.6 cm³/mol. The second kappa shape index (κ2) is 8.32. The van der Waals surface area contributed by atoms with Crippen LogP contribution in [0.15, 0.2) is 55.3 Å². The lowest BCUT2D eigenvalue weighted by Gasteiger charge is -2.31. The fourth-order valence-corrected chi connectivity index (χ4v) is 2.73. The van der Waals surface area contributed by atoms with Gasteiger partial charge in [0.2, 0.25) is 0 Å². The molecule has 0 N–H and O–H groups in total. The van der Waals surface area contributed by atoms with Crippen molar-refractivity contribution in [1.29, 1.82) is 0 Å². The molecule has 1 aromatic carbocycles. The van der Waals surface area contributed by atoms with Gasteiger partial charge in [-0.25, -0.2) is 4.79 Å². The smallest absolute Gasteiger partial charge is 0.414 e. The number of ether oxygens (including phenoxy) is 1. The standard InChI is InChI=1S/C19H23NO3/c1-3-7-15(2)12-17-13-18(21)10-11-20(17)19(22)23-14-16-8-5-4-6-9-16/h3-6,8-11,15,17H,1,7,12-14H2,2H3/t15-,17+/m1/s1. The molecule has 1 aliphatic heterocycles. The van der Waals surface area contributed by atoms with Crippen molar-refractivity contribution in [1.82, 2.24) is 4.90 Å². The molecule has 1 aromatic rings. The Balaban J connectivity index is 1.98. The Labute approximate surface area is 137 Å². The van der Waals surface area contributed by atoms with E-state index in [1.807, 2.05) is 36.4 Å². The van der Waals surface area contributed by atoms with E-state index in [4.69, 9.17) is 4.74 Å². The maximum atomic E-state index is 12.3. The first-order valence-corrected chi connectivity index (χ1v) is 7.91. The van der Waals surface area contributed by atoms with Crippen molar-refractivity contribution in [2.45, 2.75) is 38.8 Å². The van der Waals surface area contributed by atoms with Crippen LogP contribution in [0, 0.1) is 5.92 Å². The summed E-state index contributed by atoms with van der Waals surface area (Å²) >= 11 is 0. The Morgan fingerprint density at radius 3 is 2.87 bits per heavy atom. The van der Waals surface area contributed by atoms with Crippen LogP contribution in [-0.2, 0) is 16.1 Å². The van der Waals surface area contributed by atoms with E-state index in [0.717, 1.165) is 18.4 Å². The number of hydrogen-bond acceptors (Lipinski definition) is 3. The van der Waals surface area contributed by atoms with Crippen LogP contribution in [0.4, 0.5) is 4.79 Å². The van der Waals surface area contributed by atoms with Crippen molar-refractivity contribution in [2.24, 2.45) is 5.92 Å². The molecule has 2 rings (SSSR count). The van der Waals surface area contributed by atoms with Gasteiger partial charge in [0.15, 0.2) is 5.78 Å². The second-order valence-corrected chi connectivity index (χ2v) is 5.95. The lowest BCUT2D eigenvalue weighted by Crippen LogP contribution is -2.41. The maximum Gasteiger partial charge on any atom is 0.414 e. The van der Waals surface area contributed by atoms with Crippen molar-refractivity contribution in [3.05, 3.63) is 60.8 Å². The molecule has 1 aliphatic rings. The van der Waals surface area contributed by atoms with Crippen LogP contribution in [0.5, 0.6) is 0 Å². The quantitative estimate of drug-likeness (QED) is 0.743. The second-order valence-electron chi connectivity index (χ2n) is 5.95. The number of allylic oxidation sites excluding steroid dienone is 2. The molecule has 122 valence electrons. The van der Waals surface area contributed by atoms with Crippen molar-refractivity contribution in [3.8, 4) is 0 Å². The molecule has 0 unspecified atom stereocenters. The van der Waals surface area contributed by atoms with Gasteiger partial charge >= 0.3 is 6.09 Å². The Morgan fingerprint density at radius 2 is 2.17 bits per heavy atom. The Bertz CT molecular complexity index is 580. The molecule has 4 heteroatoms. The lowest BCUT2D eigenvalue weighted by molar-refractivity contribution is -0.116. The van der Waals surface area contributed by atoms with E-state index in [1.165, 1.54) is 6.08 Å². The van der Waals surface area contributed by atoms with E-state index in [0.29, 0.717) is 12.3 Å².